The Balaban J connectivity index is 2.26. The molecule has 0 amide bonds. The number of aryl methyl sites for hydroxylation is 3. The maximum absolute atomic E-state index is 11.5. The molecular formula is C20H25NO2. The lowest BCUT2D eigenvalue weighted by molar-refractivity contribution is 0.269. The van der Waals surface area contributed by atoms with Crippen molar-refractivity contribution in [2.24, 2.45) is 5.92 Å². The summed E-state index contributed by atoms with van der Waals surface area (Å²) < 4.78 is 7.88. The van der Waals surface area contributed by atoms with Gasteiger partial charge in [-0.2, -0.15) is 0 Å². The number of ether oxygens (including phenoxy) is 1. The van der Waals surface area contributed by atoms with Crippen LogP contribution in [0.2, 0.25) is 0 Å². The normalized spacial score (nSPS) is 11.4. The molecule has 1 aromatic carbocycles. The average Bonchev–Trinajstić information content (AvgIpc) is 2.46. The average molecular weight is 311 g/mol. The van der Waals surface area contributed by atoms with Crippen LogP contribution in [0, 0.1) is 26.7 Å². The fraction of sp³-hybridized carbons (Fsp3) is 0.350. The topological polar surface area (TPSA) is 31.2 Å². The number of hydrogen-bond donors (Lipinski definition) is 0. The van der Waals surface area contributed by atoms with Crippen molar-refractivity contribution in [2.45, 2.75) is 34.6 Å². The van der Waals surface area contributed by atoms with Gasteiger partial charge in [0.2, 0.25) is 0 Å². The number of pyridine rings is 1. The highest BCUT2D eigenvalue weighted by Crippen LogP contribution is 2.21. The predicted molar refractivity (Wildman–Crippen MR) is 96.9 cm³/mol. The Morgan fingerprint density at radius 1 is 1.09 bits per heavy atom. The van der Waals surface area contributed by atoms with Gasteiger partial charge in [0.25, 0.3) is 0 Å². The van der Waals surface area contributed by atoms with E-state index in [0.717, 1.165) is 28.3 Å². The first kappa shape index (κ1) is 17.1. The first-order chi connectivity index (χ1) is 10.9. The zero-order chi connectivity index (χ0) is 17.0. The lowest BCUT2D eigenvalue weighted by Crippen LogP contribution is -2.08. The minimum Gasteiger partial charge on any atom is -0.493 e. The molecule has 0 saturated carbocycles. The Bertz CT molecular complexity index is 743. The van der Waals surface area contributed by atoms with Crippen molar-refractivity contribution < 1.29 is 4.74 Å². The molecule has 2 aromatic rings. The monoisotopic (exact) mass is 311 g/mol. The fourth-order valence-corrected chi connectivity index (χ4v) is 2.40. The van der Waals surface area contributed by atoms with Crippen LogP contribution in [0.15, 0.2) is 35.1 Å². The molecule has 2 rings (SSSR count). The number of nitrogens with zero attached hydrogens (tertiary/aromatic N) is 1. The predicted octanol–water partition coefficient (Wildman–Crippen LogP) is 4.44. The van der Waals surface area contributed by atoms with Gasteiger partial charge in [-0.3, -0.25) is 4.79 Å². The Hall–Kier alpha value is -2.29. The quantitative estimate of drug-likeness (QED) is 0.817. The van der Waals surface area contributed by atoms with E-state index >= 15 is 0 Å². The molecule has 0 unspecified atom stereocenters. The minimum atomic E-state index is 0.0457. The van der Waals surface area contributed by atoms with Crippen molar-refractivity contribution >= 4 is 12.3 Å². The van der Waals surface area contributed by atoms with Gasteiger partial charge >= 0.3 is 0 Å². The van der Waals surface area contributed by atoms with Gasteiger partial charge in [0.05, 0.1) is 6.61 Å². The molecule has 0 aliphatic heterocycles. The Kier molecular flexibility index (Phi) is 5.43. The highest BCUT2D eigenvalue weighted by molar-refractivity contribution is 5.63. The van der Waals surface area contributed by atoms with E-state index in [9.17, 15) is 4.79 Å². The third-order valence-corrected chi connectivity index (χ3v) is 3.66. The summed E-state index contributed by atoms with van der Waals surface area (Å²) >= 11 is 0. The molecule has 3 nitrogen and oxygen atoms in total. The number of rotatable bonds is 5. The van der Waals surface area contributed by atoms with Crippen molar-refractivity contribution in [3.05, 3.63) is 63.1 Å². The van der Waals surface area contributed by atoms with E-state index in [-0.39, 0.29) is 5.43 Å². The van der Waals surface area contributed by atoms with E-state index in [1.807, 2.05) is 30.7 Å². The van der Waals surface area contributed by atoms with Crippen molar-refractivity contribution in [2.75, 3.05) is 6.61 Å². The first-order valence-corrected chi connectivity index (χ1v) is 7.98. The second kappa shape index (κ2) is 7.32. The summed E-state index contributed by atoms with van der Waals surface area (Å²) in [6.07, 6.45) is 4.02. The number of benzene rings is 1. The molecule has 0 bridgehead atoms. The summed E-state index contributed by atoms with van der Waals surface area (Å²) in [6, 6.07) is 9.48. The van der Waals surface area contributed by atoms with E-state index in [0.29, 0.717) is 12.5 Å². The molecule has 0 radical (unpaired) electrons. The van der Waals surface area contributed by atoms with Gasteiger partial charge in [-0.25, -0.2) is 0 Å². The zero-order valence-electron chi connectivity index (χ0n) is 14.6. The second-order valence-electron chi connectivity index (χ2n) is 6.39. The summed E-state index contributed by atoms with van der Waals surface area (Å²) in [4.78, 5) is 11.5. The summed E-state index contributed by atoms with van der Waals surface area (Å²) in [5.74, 6) is 1.43. The Morgan fingerprint density at radius 3 is 2.35 bits per heavy atom. The fourth-order valence-electron chi connectivity index (χ4n) is 2.40. The number of hydrogen-bond acceptors (Lipinski definition) is 2. The van der Waals surface area contributed by atoms with Gasteiger partial charge in [0, 0.05) is 29.7 Å². The van der Waals surface area contributed by atoms with Gasteiger partial charge in [-0.15, -0.1) is 0 Å². The molecule has 3 heteroatoms. The highest BCUT2D eigenvalue weighted by atomic mass is 16.5. The van der Waals surface area contributed by atoms with Crippen LogP contribution < -0.4 is 10.2 Å². The molecule has 0 aliphatic rings. The largest absolute Gasteiger partial charge is 0.493 e. The van der Waals surface area contributed by atoms with E-state index < -0.39 is 0 Å². The van der Waals surface area contributed by atoms with Gasteiger partial charge in [-0.05, 0) is 50.0 Å². The number of aromatic nitrogens is 1. The van der Waals surface area contributed by atoms with E-state index in [1.165, 1.54) is 0 Å². The second-order valence-corrected chi connectivity index (χ2v) is 6.39. The van der Waals surface area contributed by atoms with Crippen molar-refractivity contribution in [1.82, 2.24) is 4.57 Å². The van der Waals surface area contributed by atoms with Crippen LogP contribution in [0.3, 0.4) is 0 Å². The van der Waals surface area contributed by atoms with Crippen LogP contribution in [0.5, 0.6) is 5.75 Å². The molecule has 0 aliphatic carbocycles. The zero-order valence-corrected chi connectivity index (χ0v) is 14.6. The summed E-state index contributed by atoms with van der Waals surface area (Å²) in [7, 11) is 0. The van der Waals surface area contributed by atoms with Gasteiger partial charge in [-0.1, -0.05) is 26.0 Å². The van der Waals surface area contributed by atoms with Gasteiger partial charge in [0.1, 0.15) is 5.75 Å². The van der Waals surface area contributed by atoms with E-state index in [2.05, 4.69) is 39.0 Å². The molecule has 122 valence electrons. The smallest absolute Gasteiger partial charge is 0.182 e. The summed E-state index contributed by atoms with van der Waals surface area (Å²) in [5.41, 5.74) is 4.11. The van der Waals surface area contributed by atoms with Crippen LogP contribution in [0.25, 0.3) is 12.3 Å². The minimum absolute atomic E-state index is 0.0457. The molecule has 0 spiro atoms. The summed E-state index contributed by atoms with van der Waals surface area (Å²) in [6.45, 7) is 10.9. The molecular weight excluding hydrogens is 286 g/mol. The van der Waals surface area contributed by atoms with Crippen molar-refractivity contribution in [1.29, 1.82) is 0 Å². The Morgan fingerprint density at radius 2 is 1.74 bits per heavy atom. The maximum Gasteiger partial charge on any atom is 0.182 e. The van der Waals surface area contributed by atoms with Crippen molar-refractivity contribution in [3.8, 4) is 5.75 Å². The summed E-state index contributed by atoms with van der Waals surface area (Å²) in [5, 5.41) is 0. The van der Waals surface area contributed by atoms with Crippen molar-refractivity contribution in [3.63, 3.8) is 0 Å². The molecule has 0 fully saturated rings. The SMILES string of the molecule is Cc1ccc(/C=C/n2c(C)cc(=O)cc2C)cc1OCC(C)C. The third-order valence-electron chi connectivity index (χ3n) is 3.66. The molecule has 1 heterocycles. The molecule has 0 atom stereocenters. The first-order valence-electron chi connectivity index (χ1n) is 7.98. The van der Waals surface area contributed by atoms with Crippen LogP contribution in [-0.2, 0) is 0 Å². The maximum atomic E-state index is 11.5. The third kappa shape index (κ3) is 4.59. The lowest BCUT2D eigenvalue weighted by atomic mass is 10.1. The molecule has 0 N–H and O–H groups in total. The molecule has 23 heavy (non-hydrogen) atoms. The van der Waals surface area contributed by atoms with Crippen LogP contribution in [-0.4, -0.2) is 11.2 Å². The highest BCUT2D eigenvalue weighted by Gasteiger charge is 2.03. The van der Waals surface area contributed by atoms with Crippen LogP contribution in [0.1, 0.15) is 36.4 Å². The molecule has 0 saturated heterocycles. The molecule has 1 aromatic heterocycles. The van der Waals surface area contributed by atoms with Gasteiger partial charge < -0.3 is 9.30 Å². The van der Waals surface area contributed by atoms with E-state index in [4.69, 9.17) is 4.74 Å². The van der Waals surface area contributed by atoms with Gasteiger partial charge in [0.15, 0.2) is 5.43 Å². The van der Waals surface area contributed by atoms with Crippen LogP contribution >= 0.6 is 0 Å². The lowest BCUT2D eigenvalue weighted by Gasteiger charge is -2.12. The van der Waals surface area contributed by atoms with E-state index in [1.54, 1.807) is 12.1 Å². The standard InChI is InChI=1S/C20H25NO2/c1-14(2)13-23-20-12-18(7-6-15(20)3)8-9-21-16(4)10-19(22)11-17(21)5/h6-12,14H,13H2,1-5H3/b9-8+. The van der Waals surface area contributed by atoms with Crippen LogP contribution in [0.4, 0.5) is 0 Å². The Labute approximate surface area is 138 Å².